The van der Waals surface area contributed by atoms with Crippen LogP contribution in [0, 0.1) is 5.92 Å². The Balaban J connectivity index is 1.78. The molecule has 24 heavy (non-hydrogen) atoms. The van der Waals surface area contributed by atoms with Crippen LogP contribution in [0.2, 0.25) is 0 Å². The van der Waals surface area contributed by atoms with E-state index < -0.39 is 0 Å². The average molecular weight is 323 g/mol. The quantitative estimate of drug-likeness (QED) is 0.665. The predicted octanol–water partition coefficient (Wildman–Crippen LogP) is 4.09. The summed E-state index contributed by atoms with van der Waals surface area (Å²) in [5.74, 6) is 1.60. The maximum absolute atomic E-state index is 12.4. The van der Waals surface area contributed by atoms with Crippen LogP contribution in [0.25, 0.3) is 6.08 Å². The Kier molecular flexibility index (Phi) is 4.56. The lowest BCUT2D eigenvalue weighted by molar-refractivity contribution is 0.0938. The topological polar surface area (TPSA) is 61.6 Å². The summed E-state index contributed by atoms with van der Waals surface area (Å²) in [6.45, 7) is 4.07. The van der Waals surface area contributed by atoms with E-state index in [1.165, 1.54) is 0 Å². The number of anilines is 1. The number of hydrogen-bond donors (Lipinski definition) is 1. The van der Waals surface area contributed by atoms with Crippen molar-refractivity contribution >= 4 is 17.5 Å². The van der Waals surface area contributed by atoms with E-state index in [0.717, 1.165) is 22.6 Å². The average Bonchev–Trinajstić information content (AvgIpc) is 3.03. The fraction of sp³-hybridized carbons (Fsp3) is 0.250. The molecule has 1 aliphatic heterocycles. The van der Waals surface area contributed by atoms with Crippen molar-refractivity contribution < 1.29 is 14.3 Å². The van der Waals surface area contributed by atoms with Crippen LogP contribution in [-0.2, 0) is 6.42 Å². The Morgan fingerprint density at radius 2 is 1.96 bits per heavy atom. The van der Waals surface area contributed by atoms with Crippen LogP contribution in [0.3, 0.4) is 0 Å². The number of allylic oxidation sites excluding steroid dienone is 1. The minimum absolute atomic E-state index is 0.0524. The molecule has 124 valence electrons. The highest BCUT2D eigenvalue weighted by molar-refractivity contribution is 5.99. The second-order valence-corrected chi connectivity index (χ2v) is 6.15. The Hall–Kier alpha value is -2.75. The van der Waals surface area contributed by atoms with Crippen LogP contribution < -0.4 is 15.2 Å². The van der Waals surface area contributed by atoms with Gasteiger partial charge in [-0.1, -0.05) is 38.1 Å². The number of carbonyl (C=O) groups is 1. The molecule has 0 amide bonds. The van der Waals surface area contributed by atoms with Crippen molar-refractivity contribution in [3.05, 3.63) is 59.2 Å². The molecule has 1 heterocycles. The summed E-state index contributed by atoms with van der Waals surface area (Å²) in [7, 11) is 0. The molecule has 2 N–H and O–H groups in total. The molecule has 0 saturated carbocycles. The van der Waals surface area contributed by atoms with Gasteiger partial charge in [0.2, 0.25) is 6.79 Å². The van der Waals surface area contributed by atoms with Crippen LogP contribution in [0.5, 0.6) is 11.5 Å². The van der Waals surface area contributed by atoms with Gasteiger partial charge < -0.3 is 15.2 Å². The summed E-state index contributed by atoms with van der Waals surface area (Å²) in [5, 5.41) is 0. The normalized spacial score (nSPS) is 13.0. The molecule has 2 aromatic rings. The zero-order valence-electron chi connectivity index (χ0n) is 13.9. The first-order chi connectivity index (χ1) is 11.5. The van der Waals surface area contributed by atoms with Crippen molar-refractivity contribution in [2.45, 2.75) is 20.3 Å². The van der Waals surface area contributed by atoms with Gasteiger partial charge in [0.1, 0.15) is 0 Å². The Bertz CT molecular complexity index is 793. The number of rotatable bonds is 5. The third-order valence-corrected chi connectivity index (χ3v) is 3.97. The molecular formula is C20H21NO3. The number of benzene rings is 2. The lowest BCUT2D eigenvalue weighted by Crippen LogP contribution is -2.11. The molecule has 0 radical (unpaired) electrons. The zero-order valence-corrected chi connectivity index (χ0v) is 13.9. The number of nitrogens with two attached hydrogens (primary N) is 1. The van der Waals surface area contributed by atoms with Crippen molar-refractivity contribution in [3.63, 3.8) is 0 Å². The first-order valence-corrected chi connectivity index (χ1v) is 8.03. The maximum Gasteiger partial charge on any atom is 0.231 e. The van der Waals surface area contributed by atoms with Crippen LogP contribution in [0.1, 0.15) is 35.3 Å². The van der Waals surface area contributed by atoms with E-state index in [-0.39, 0.29) is 18.5 Å². The third kappa shape index (κ3) is 3.43. The summed E-state index contributed by atoms with van der Waals surface area (Å²) >= 11 is 0. The van der Waals surface area contributed by atoms with Crippen molar-refractivity contribution in [2.75, 3.05) is 12.5 Å². The van der Waals surface area contributed by atoms with Gasteiger partial charge in [0.05, 0.1) is 0 Å². The molecular weight excluding hydrogens is 302 g/mol. The van der Waals surface area contributed by atoms with Crippen LogP contribution in [0.15, 0.2) is 42.5 Å². The highest BCUT2D eigenvalue weighted by Gasteiger charge is 2.15. The molecule has 4 heteroatoms. The Morgan fingerprint density at radius 3 is 2.75 bits per heavy atom. The lowest BCUT2D eigenvalue weighted by Gasteiger charge is -2.10. The zero-order chi connectivity index (χ0) is 17.1. The first-order valence-electron chi connectivity index (χ1n) is 8.03. The van der Waals surface area contributed by atoms with Crippen molar-refractivity contribution in [3.8, 4) is 11.5 Å². The summed E-state index contributed by atoms with van der Waals surface area (Å²) in [5.41, 5.74) is 9.18. The second-order valence-electron chi connectivity index (χ2n) is 6.15. The fourth-order valence-corrected chi connectivity index (χ4v) is 2.65. The highest BCUT2D eigenvalue weighted by Crippen LogP contribution is 2.32. The molecule has 0 fully saturated rings. The van der Waals surface area contributed by atoms with E-state index in [2.05, 4.69) is 0 Å². The molecule has 4 nitrogen and oxygen atoms in total. The van der Waals surface area contributed by atoms with Gasteiger partial charge in [-0.15, -0.1) is 0 Å². The molecule has 0 unspecified atom stereocenters. The van der Waals surface area contributed by atoms with Gasteiger partial charge in [0.15, 0.2) is 17.3 Å². The molecule has 1 aliphatic rings. The monoisotopic (exact) mass is 323 g/mol. The van der Waals surface area contributed by atoms with Crippen molar-refractivity contribution in [1.29, 1.82) is 0 Å². The molecule has 2 aromatic carbocycles. The molecule has 0 bridgehead atoms. The van der Waals surface area contributed by atoms with Gasteiger partial charge in [-0.3, -0.25) is 4.79 Å². The SMILES string of the molecule is CC(C)C(=O)c1cc(N)ccc1C/C=C/c1ccc2c(c1)OCO2. The molecule has 0 spiro atoms. The smallest absolute Gasteiger partial charge is 0.231 e. The minimum atomic E-state index is -0.0524. The van der Waals surface area contributed by atoms with Crippen molar-refractivity contribution in [1.82, 2.24) is 0 Å². The largest absolute Gasteiger partial charge is 0.454 e. The molecule has 0 aliphatic carbocycles. The number of fused-ring (bicyclic) bond motifs is 1. The summed E-state index contributed by atoms with van der Waals surface area (Å²) in [6, 6.07) is 11.4. The van der Waals surface area contributed by atoms with Gasteiger partial charge >= 0.3 is 0 Å². The van der Waals surface area contributed by atoms with Gasteiger partial charge in [0.25, 0.3) is 0 Å². The van der Waals surface area contributed by atoms with Gasteiger partial charge in [-0.2, -0.15) is 0 Å². The summed E-state index contributed by atoms with van der Waals surface area (Å²) < 4.78 is 10.7. The van der Waals surface area contributed by atoms with E-state index >= 15 is 0 Å². The number of hydrogen-bond acceptors (Lipinski definition) is 4. The standard InChI is InChI=1S/C20H21NO3/c1-13(2)20(22)17-11-16(21)8-7-15(17)5-3-4-14-6-9-18-19(10-14)24-12-23-18/h3-4,6-11,13H,5,12,21H2,1-2H3/b4-3+. The second kappa shape index (κ2) is 6.79. The van der Waals surface area contributed by atoms with Crippen LogP contribution in [-0.4, -0.2) is 12.6 Å². The highest BCUT2D eigenvalue weighted by atomic mass is 16.7. The molecule has 0 saturated heterocycles. The Morgan fingerprint density at radius 1 is 1.17 bits per heavy atom. The summed E-state index contributed by atoms with van der Waals surface area (Å²) in [4.78, 5) is 12.4. The molecule has 0 atom stereocenters. The van der Waals surface area contributed by atoms with E-state index in [9.17, 15) is 4.79 Å². The van der Waals surface area contributed by atoms with Crippen LogP contribution >= 0.6 is 0 Å². The molecule has 0 aromatic heterocycles. The number of Topliss-reactive ketones (excluding diaryl/α,β-unsaturated/α-hetero) is 1. The lowest BCUT2D eigenvalue weighted by atomic mass is 9.94. The summed E-state index contributed by atoms with van der Waals surface area (Å²) in [6.07, 6.45) is 4.73. The Labute approximate surface area is 141 Å². The number of ketones is 1. The first kappa shape index (κ1) is 16.1. The number of ether oxygens (including phenoxy) is 2. The maximum atomic E-state index is 12.4. The van der Waals surface area contributed by atoms with Crippen molar-refractivity contribution in [2.24, 2.45) is 5.92 Å². The van der Waals surface area contributed by atoms with E-state index in [1.807, 2.05) is 56.3 Å². The molecule has 3 rings (SSSR count). The minimum Gasteiger partial charge on any atom is -0.454 e. The van der Waals surface area contributed by atoms with E-state index in [1.54, 1.807) is 6.07 Å². The van der Waals surface area contributed by atoms with E-state index in [4.69, 9.17) is 15.2 Å². The third-order valence-electron chi connectivity index (χ3n) is 3.97. The van der Waals surface area contributed by atoms with Gasteiger partial charge in [-0.25, -0.2) is 0 Å². The van der Waals surface area contributed by atoms with Gasteiger partial charge in [-0.05, 0) is 41.8 Å². The number of carbonyl (C=O) groups excluding carboxylic acids is 1. The fourth-order valence-electron chi connectivity index (χ4n) is 2.65. The number of nitrogen functional groups attached to an aromatic ring is 1. The van der Waals surface area contributed by atoms with Gasteiger partial charge in [0, 0.05) is 17.2 Å². The predicted molar refractivity (Wildman–Crippen MR) is 95.3 cm³/mol. The van der Waals surface area contributed by atoms with Crippen LogP contribution in [0.4, 0.5) is 5.69 Å². The van der Waals surface area contributed by atoms with E-state index in [0.29, 0.717) is 17.7 Å².